The van der Waals surface area contributed by atoms with Gasteiger partial charge in [0.15, 0.2) is 0 Å². The zero-order valence-corrected chi connectivity index (χ0v) is 29.9. The molecule has 1 aliphatic carbocycles. The van der Waals surface area contributed by atoms with Gasteiger partial charge in [0.2, 0.25) is 11.8 Å². The van der Waals surface area contributed by atoms with Crippen molar-refractivity contribution in [2.45, 2.75) is 95.7 Å². The number of sulfonamides is 1. The van der Waals surface area contributed by atoms with E-state index in [-0.39, 0.29) is 70.7 Å². The highest BCUT2D eigenvalue weighted by atomic mass is 32.2. The molecule has 12 heteroatoms. The Kier molecular flexibility index (Phi) is 10.3. The lowest BCUT2D eigenvalue weighted by Gasteiger charge is -2.46. The molecule has 3 aromatic rings. The topological polar surface area (TPSA) is 131 Å². The molecule has 0 saturated heterocycles. The van der Waals surface area contributed by atoms with Crippen molar-refractivity contribution in [2.75, 3.05) is 25.4 Å². The number of rotatable bonds is 7. The molecule has 11 nitrogen and oxygen atoms in total. The molecule has 2 amide bonds. The Morgan fingerprint density at radius 1 is 1.00 bits per heavy atom. The molecule has 48 heavy (non-hydrogen) atoms. The van der Waals surface area contributed by atoms with Gasteiger partial charge in [-0.1, -0.05) is 65.8 Å². The van der Waals surface area contributed by atoms with E-state index in [9.17, 15) is 18.0 Å². The first-order valence-electron chi connectivity index (χ1n) is 16.6. The second-order valence-electron chi connectivity index (χ2n) is 14.0. The van der Waals surface area contributed by atoms with E-state index < -0.39 is 16.1 Å². The van der Waals surface area contributed by atoms with Crippen LogP contribution in [0, 0.1) is 5.92 Å². The molecule has 2 aromatic carbocycles. The van der Waals surface area contributed by atoms with Crippen molar-refractivity contribution in [2.24, 2.45) is 5.92 Å². The Morgan fingerprint density at radius 2 is 1.65 bits per heavy atom. The van der Waals surface area contributed by atoms with E-state index in [2.05, 4.69) is 63.4 Å². The second kappa shape index (κ2) is 14.1. The zero-order chi connectivity index (χ0) is 34.9. The van der Waals surface area contributed by atoms with E-state index in [1.807, 2.05) is 6.07 Å². The molecule has 0 spiro atoms. The van der Waals surface area contributed by atoms with E-state index in [0.717, 1.165) is 16.7 Å². The summed E-state index contributed by atoms with van der Waals surface area (Å²) in [5.41, 5.74) is 3.86. The van der Waals surface area contributed by atoms with Crippen LogP contribution in [0.2, 0.25) is 0 Å². The third-order valence-corrected chi connectivity index (χ3v) is 10.2. The molecular formula is C36H47N5O6S. The summed E-state index contributed by atoms with van der Waals surface area (Å²) in [6.07, 6.45) is 0.787. The number of ether oxygens (including phenoxy) is 2. The van der Waals surface area contributed by atoms with Crippen LogP contribution < -0.4 is 9.46 Å². The van der Waals surface area contributed by atoms with Gasteiger partial charge in [0.05, 0.1) is 16.6 Å². The molecular weight excluding hydrogens is 630 g/mol. The van der Waals surface area contributed by atoms with Gasteiger partial charge in [-0.3, -0.25) is 4.79 Å². The second-order valence-corrected chi connectivity index (χ2v) is 15.7. The highest BCUT2D eigenvalue weighted by molar-refractivity contribution is 7.92. The predicted molar refractivity (Wildman–Crippen MR) is 185 cm³/mol. The number of anilines is 1. The SMILES string of the molecule is CC(C)C[C@@H]1COc2cc(-c3c(C(C)C)cccc3C(C)C)nc(n2)NS(=O)(=O)c2cccc(c2)C(=O)N1C1CC(OC(=O)N(C)C)C1. The Hall–Kier alpha value is -4.19. The maximum Gasteiger partial charge on any atom is 0.409 e. The first-order chi connectivity index (χ1) is 22.6. The number of nitrogens with zero attached hydrogens (tertiary/aromatic N) is 4. The maximum atomic E-state index is 14.3. The third-order valence-electron chi connectivity index (χ3n) is 8.84. The van der Waals surface area contributed by atoms with Crippen LogP contribution in [0.25, 0.3) is 11.3 Å². The number of carbonyl (C=O) groups is 2. The van der Waals surface area contributed by atoms with E-state index >= 15 is 0 Å². The number of fused-ring (bicyclic) bond motifs is 4. The van der Waals surface area contributed by atoms with Gasteiger partial charge < -0.3 is 19.3 Å². The van der Waals surface area contributed by atoms with Crippen LogP contribution in [0.15, 0.2) is 53.4 Å². The summed E-state index contributed by atoms with van der Waals surface area (Å²) >= 11 is 0. The summed E-state index contributed by atoms with van der Waals surface area (Å²) in [6.45, 7) is 12.7. The van der Waals surface area contributed by atoms with Gasteiger partial charge in [-0.25, -0.2) is 22.9 Å². The van der Waals surface area contributed by atoms with Crippen LogP contribution in [-0.4, -0.2) is 79.1 Å². The molecule has 1 aliphatic heterocycles. The quantitative estimate of drug-likeness (QED) is 0.294. The molecule has 2 heterocycles. The summed E-state index contributed by atoms with van der Waals surface area (Å²) in [4.78, 5) is 38.9. The Bertz CT molecular complexity index is 1740. The Labute approximate surface area is 284 Å². The fraction of sp³-hybridized carbons (Fsp3) is 0.500. The van der Waals surface area contributed by atoms with Crippen molar-refractivity contribution in [3.63, 3.8) is 0 Å². The van der Waals surface area contributed by atoms with E-state index in [0.29, 0.717) is 25.0 Å². The lowest BCUT2D eigenvalue weighted by molar-refractivity contribution is -0.0330. The standard InChI is InChI=1S/C36H47N5O6S/c1-21(2)15-26-20-46-32-19-31(33-29(22(3)4)13-10-14-30(33)23(5)6)37-35(38-32)39-48(44,45)28-12-9-11-24(16-28)34(42)41(26)25-17-27(18-25)47-36(43)40(7)8/h9-14,16,19,21-23,25-27H,15,17-18,20H2,1-8H3,(H,37,38,39)/t25?,26-,27?/m1/s1. The third kappa shape index (κ3) is 7.59. The van der Waals surface area contributed by atoms with Crippen molar-refractivity contribution in [1.82, 2.24) is 19.8 Å². The monoisotopic (exact) mass is 677 g/mol. The highest BCUT2D eigenvalue weighted by Crippen LogP contribution is 2.38. The predicted octanol–water partition coefficient (Wildman–Crippen LogP) is 6.67. The molecule has 1 aromatic heterocycles. The summed E-state index contributed by atoms with van der Waals surface area (Å²) in [7, 11) is -0.936. The van der Waals surface area contributed by atoms with E-state index in [1.165, 1.54) is 17.0 Å². The van der Waals surface area contributed by atoms with Crippen LogP contribution in [0.1, 0.15) is 94.1 Å². The Balaban J connectivity index is 1.63. The number of nitrogens with one attached hydrogen (secondary N) is 1. The number of amides is 2. The number of carbonyl (C=O) groups excluding carboxylic acids is 2. The lowest BCUT2D eigenvalue weighted by Crippen LogP contribution is -2.57. The number of aromatic nitrogens is 2. The van der Waals surface area contributed by atoms with E-state index in [1.54, 1.807) is 37.2 Å². The minimum Gasteiger partial charge on any atom is -0.475 e. The van der Waals surface area contributed by atoms with Gasteiger partial charge in [0, 0.05) is 50.2 Å². The first-order valence-corrected chi connectivity index (χ1v) is 18.1. The van der Waals surface area contributed by atoms with Crippen LogP contribution in [0.5, 0.6) is 5.88 Å². The molecule has 4 bridgehead atoms. The minimum absolute atomic E-state index is 0.0822. The fourth-order valence-corrected chi connectivity index (χ4v) is 7.36. The van der Waals surface area contributed by atoms with E-state index in [4.69, 9.17) is 14.5 Å². The van der Waals surface area contributed by atoms with Crippen molar-refractivity contribution in [3.05, 3.63) is 65.2 Å². The normalized spacial score (nSPS) is 20.6. The zero-order valence-electron chi connectivity index (χ0n) is 29.1. The molecule has 0 radical (unpaired) electrons. The minimum atomic E-state index is -4.19. The van der Waals surface area contributed by atoms with Gasteiger partial charge in [0.1, 0.15) is 12.7 Å². The molecule has 2 aliphatic rings. The Morgan fingerprint density at radius 3 is 2.25 bits per heavy atom. The number of hydrogen-bond acceptors (Lipinski definition) is 8. The van der Waals surface area contributed by atoms with Crippen LogP contribution in [-0.2, 0) is 14.8 Å². The molecule has 1 saturated carbocycles. The van der Waals surface area contributed by atoms with Crippen molar-refractivity contribution in [1.29, 1.82) is 0 Å². The lowest BCUT2D eigenvalue weighted by atomic mass is 9.85. The van der Waals surface area contributed by atoms with Gasteiger partial charge in [-0.15, -0.1) is 0 Å². The highest BCUT2D eigenvalue weighted by Gasteiger charge is 2.42. The van der Waals surface area contributed by atoms with Gasteiger partial charge in [0.25, 0.3) is 15.9 Å². The van der Waals surface area contributed by atoms with Gasteiger partial charge in [-0.2, -0.15) is 4.98 Å². The fourth-order valence-electron chi connectivity index (χ4n) is 6.37. The van der Waals surface area contributed by atoms with Crippen molar-refractivity contribution in [3.8, 4) is 17.1 Å². The maximum absolute atomic E-state index is 14.3. The largest absolute Gasteiger partial charge is 0.475 e. The van der Waals surface area contributed by atoms with Crippen molar-refractivity contribution < 1.29 is 27.5 Å². The molecule has 5 rings (SSSR count). The molecule has 1 atom stereocenters. The smallest absolute Gasteiger partial charge is 0.409 e. The molecule has 258 valence electrons. The summed E-state index contributed by atoms with van der Waals surface area (Å²) in [5.74, 6) is 0.331. The molecule has 0 unspecified atom stereocenters. The molecule has 1 N–H and O–H groups in total. The number of benzene rings is 2. The van der Waals surface area contributed by atoms with Gasteiger partial charge >= 0.3 is 6.09 Å². The van der Waals surface area contributed by atoms with Crippen LogP contribution >= 0.6 is 0 Å². The molecule has 1 fully saturated rings. The van der Waals surface area contributed by atoms with Crippen molar-refractivity contribution >= 4 is 28.0 Å². The summed E-state index contributed by atoms with van der Waals surface area (Å²) < 4.78 is 42.1. The van der Waals surface area contributed by atoms with Gasteiger partial charge in [-0.05, 0) is 53.5 Å². The summed E-state index contributed by atoms with van der Waals surface area (Å²) in [6, 6.07) is 13.3. The average molecular weight is 678 g/mol. The number of hydrogen-bond donors (Lipinski definition) is 1. The first kappa shape index (κ1) is 35.1. The summed E-state index contributed by atoms with van der Waals surface area (Å²) in [5, 5.41) is 0. The van der Waals surface area contributed by atoms with Crippen LogP contribution in [0.4, 0.5) is 10.7 Å². The van der Waals surface area contributed by atoms with Crippen LogP contribution in [0.3, 0.4) is 0 Å². The average Bonchev–Trinajstić information content (AvgIpc) is 3.00.